The van der Waals surface area contributed by atoms with Gasteiger partial charge in [-0.25, -0.2) is 0 Å². The molecule has 0 bridgehead atoms. The van der Waals surface area contributed by atoms with Gasteiger partial charge in [0.15, 0.2) is 0 Å². The Morgan fingerprint density at radius 3 is 2.77 bits per heavy atom. The fourth-order valence-corrected chi connectivity index (χ4v) is 5.11. The molecule has 1 unspecified atom stereocenters. The van der Waals surface area contributed by atoms with Crippen molar-refractivity contribution in [3.05, 3.63) is 58.6 Å². The van der Waals surface area contributed by atoms with Crippen molar-refractivity contribution in [2.75, 3.05) is 13.2 Å². The molecule has 7 heteroatoms. The molecular formula is C24H29N3O3S. The van der Waals surface area contributed by atoms with Crippen LogP contribution in [0.4, 0.5) is 0 Å². The van der Waals surface area contributed by atoms with Gasteiger partial charge in [-0.3, -0.25) is 4.79 Å². The number of carbonyl (C=O) groups is 1. The molecule has 1 N–H and O–H groups in total. The van der Waals surface area contributed by atoms with Crippen molar-refractivity contribution in [1.29, 1.82) is 0 Å². The normalized spacial score (nSPS) is 20.5. The second-order valence-corrected chi connectivity index (χ2v) is 9.57. The minimum Gasteiger partial charge on any atom is -0.421 e. The molecular weight excluding hydrogens is 410 g/mol. The Labute approximate surface area is 187 Å². The highest BCUT2D eigenvalue weighted by atomic mass is 32.1. The number of rotatable bonds is 8. The molecule has 0 spiro atoms. The first-order valence-electron chi connectivity index (χ1n) is 10.8. The van der Waals surface area contributed by atoms with Crippen molar-refractivity contribution in [2.24, 2.45) is 0 Å². The summed E-state index contributed by atoms with van der Waals surface area (Å²) in [7, 11) is 0. The van der Waals surface area contributed by atoms with Crippen LogP contribution in [0.3, 0.4) is 0 Å². The minimum atomic E-state index is -0.170. The van der Waals surface area contributed by atoms with E-state index in [0.717, 1.165) is 31.4 Å². The third-order valence-electron chi connectivity index (χ3n) is 5.95. The van der Waals surface area contributed by atoms with Gasteiger partial charge >= 0.3 is 0 Å². The van der Waals surface area contributed by atoms with E-state index in [-0.39, 0.29) is 16.9 Å². The van der Waals surface area contributed by atoms with Gasteiger partial charge in [0.2, 0.25) is 17.7 Å². The lowest BCUT2D eigenvalue weighted by Crippen LogP contribution is -2.45. The maximum atomic E-state index is 12.4. The molecule has 3 heterocycles. The number of nitrogens with one attached hydrogen (secondary N) is 1. The number of aryl methyl sites for hydroxylation is 1. The highest BCUT2D eigenvalue weighted by Gasteiger charge is 2.41. The Bertz CT molecular complexity index is 985. The summed E-state index contributed by atoms with van der Waals surface area (Å²) in [6, 6.07) is 12.6. The van der Waals surface area contributed by atoms with Crippen molar-refractivity contribution in [1.82, 2.24) is 15.5 Å². The van der Waals surface area contributed by atoms with Crippen molar-refractivity contribution in [2.45, 2.75) is 57.0 Å². The number of nitrogens with zero attached hydrogens (tertiary/aromatic N) is 2. The molecule has 0 radical (unpaired) electrons. The Hall–Kier alpha value is -2.51. The number of aromatic nitrogens is 2. The van der Waals surface area contributed by atoms with Gasteiger partial charge in [-0.05, 0) is 50.1 Å². The maximum Gasteiger partial charge on any atom is 0.248 e. The Morgan fingerprint density at radius 1 is 1.19 bits per heavy atom. The van der Waals surface area contributed by atoms with E-state index in [1.807, 2.05) is 22.9 Å². The summed E-state index contributed by atoms with van der Waals surface area (Å²) in [4.78, 5) is 12.4. The SMILES string of the molecule is CC1(C)CC(CCNC(=O)CCc2nnc(-c3ccsc3)o2)(c2ccccc2)CCO1. The molecule has 0 saturated carbocycles. The predicted octanol–water partition coefficient (Wildman–Crippen LogP) is 4.76. The number of ether oxygens (including phenoxy) is 1. The van der Waals surface area contributed by atoms with Crippen molar-refractivity contribution >= 4 is 17.2 Å². The van der Waals surface area contributed by atoms with Gasteiger partial charge in [0.1, 0.15) is 0 Å². The third-order valence-corrected chi connectivity index (χ3v) is 6.63. The van der Waals surface area contributed by atoms with Crippen LogP contribution in [0, 0.1) is 0 Å². The molecule has 0 aliphatic carbocycles. The largest absolute Gasteiger partial charge is 0.421 e. The monoisotopic (exact) mass is 439 g/mol. The minimum absolute atomic E-state index is 0.00446. The van der Waals surface area contributed by atoms with Gasteiger partial charge in [0.25, 0.3) is 0 Å². The van der Waals surface area contributed by atoms with Crippen LogP contribution in [0.25, 0.3) is 11.5 Å². The lowest BCUT2D eigenvalue weighted by atomic mass is 9.67. The van der Waals surface area contributed by atoms with Crippen LogP contribution >= 0.6 is 11.3 Å². The van der Waals surface area contributed by atoms with Crippen LogP contribution in [0.15, 0.2) is 51.6 Å². The number of carbonyl (C=O) groups excluding carboxylic acids is 1. The molecule has 3 aromatic rings. The van der Waals surface area contributed by atoms with Gasteiger partial charge in [0.05, 0.1) is 5.60 Å². The molecule has 1 atom stereocenters. The second kappa shape index (κ2) is 9.32. The van der Waals surface area contributed by atoms with Gasteiger partial charge in [0, 0.05) is 42.4 Å². The molecule has 2 aromatic heterocycles. The average molecular weight is 440 g/mol. The summed E-state index contributed by atoms with van der Waals surface area (Å²) < 4.78 is 11.6. The molecule has 1 fully saturated rings. The zero-order chi connectivity index (χ0) is 21.7. The van der Waals surface area contributed by atoms with E-state index in [0.29, 0.717) is 31.2 Å². The first-order valence-corrected chi connectivity index (χ1v) is 11.7. The summed E-state index contributed by atoms with van der Waals surface area (Å²) >= 11 is 1.58. The summed E-state index contributed by atoms with van der Waals surface area (Å²) in [6.07, 6.45) is 3.56. The number of amides is 1. The van der Waals surface area contributed by atoms with Gasteiger partial charge in [-0.15, -0.1) is 10.2 Å². The van der Waals surface area contributed by atoms with Gasteiger partial charge < -0.3 is 14.5 Å². The molecule has 1 aromatic carbocycles. The van der Waals surface area contributed by atoms with E-state index in [1.54, 1.807) is 11.3 Å². The van der Waals surface area contributed by atoms with Gasteiger partial charge in [-0.1, -0.05) is 30.3 Å². The topological polar surface area (TPSA) is 77.3 Å². The van der Waals surface area contributed by atoms with Crippen LogP contribution in [0.5, 0.6) is 0 Å². The smallest absolute Gasteiger partial charge is 0.248 e. The first-order chi connectivity index (χ1) is 15.0. The standard InChI is InChI=1S/C24H29N3O3S/c1-23(2)17-24(12-14-29-23,19-6-4-3-5-7-19)11-13-25-20(28)8-9-21-26-27-22(30-21)18-10-15-31-16-18/h3-7,10,15-16H,8-9,11-14,17H2,1-2H3,(H,25,28). The van der Waals surface area contributed by atoms with Crippen LogP contribution in [0.2, 0.25) is 0 Å². The number of thiophene rings is 1. The first kappa shape index (κ1) is 21.7. The summed E-state index contributed by atoms with van der Waals surface area (Å²) in [5.74, 6) is 0.997. The van der Waals surface area contributed by atoms with E-state index in [1.165, 1.54) is 5.56 Å². The Kier molecular flexibility index (Phi) is 6.53. The van der Waals surface area contributed by atoms with Crippen LogP contribution < -0.4 is 5.32 Å². The lowest BCUT2D eigenvalue weighted by Gasteiger charge is -2.45. The lowest BCUT2D eigenvalue weighted by molar-refractivity contribution is -0.121. The highest BCUT2D eigenvalue weighted by Crippen LogP contribution is 2.43. The molecule has 6 nitrogen and oxygen atoms in total. The fourth-order valence-electron chi connectivity index (χ4n) is 4.48. The zero-order valence-corrected chi connectivity index (χ0v) is 18.9. The summed E-state index contributed by atoms with van der Waals surface area (Å²) in [6.45, 7) is 5.67. The Balaban J connectivity index is 1.31. The molecule has 1 aliphatic heterocycles. The second-order valence-electron chi connectivity index (χ2n) is 8.79. The number of benzene rings is 1. The van der Waals surface area contributed by atoms with Gasteiger partial charge in [-0.2, -0.15) is 11.3 Å². The molecule has 164 valence electrons. The number of hydrogen-bond donors (Lipinski definition) is 1. The van der Waals surface area contributed by atoms with Crippen molar-refractivity contribution < 1.29 is 13.9 Å². The van der Waals surface area contributed by atoms with E-state index in [4.69, 9.17) is 9.15 Å². The van der Waals surface area contributed by atoms with Crippen molar-refractivity contribution in [3.63, 3.8) is 0 Å². The fraction of sp³-hybridized carbons (Fsp3) is 0.458. The maximum absolute atomic E-state index is 12.4. The summed E-state index contributed by atoms with van der Waals surface area (Å²) in [5, 5.41) is 15.1. The highest BCUT2D eigenvalue weighted by molar-refractivity contribution is 7.08. The Morgan fingerprint density at radius 2 is 2.03 bits per heavy atom. The molecule has 1 amide bonds. The van der Waals surface area contributed by atoms with E-state index < -0.39 is 0 Å². The summed E-state index contributed by atoms with van der Waals surface area (Å²) in [5.41, 5.74) is 2.08. The van der Waals surface area contributed by atoms with Crippen LogP contribution in [-0.2, 0) is 21.4 Å². The predicted molar refractivity (Wildman–Crippen MR) is 121 cm³/mol. The van der Waals surface area contributed by atoms with E-state index in [9.17, 15) is 4.79 Å². The number of hydrogen-bond acceptors (Lipinski definition) is 6. The molecule has 4 rings (SSSR count). The van der Waals surface area contributed by atoms with E-state index >= 15 is 0 Å². The molecule has 31 heavy (non-hydrogen) atoms. The molecule has 1 saturated heterocycles. The van der Waals surface area contributed by atoms with Crippen molar-refractivity contribution in [3.8, 4) is 11.5 Å². The van der Waals surface area contributed by atoms with E-state index in [2.05, 4.69) is 53.6 Å². The third kappa shape index (κ3) is 5.40. The quantitative estimate of drug-likeness (QED) is 0.547. The average Bonchev–Trinajstić information content (AvgIpc) is 3.44. The van der Waals surface area contributed by atoms with Crippen LogP contribution in [0.1, 0.15) is 51.0 Å². The van der Waals surface area contributed by atoms with Crippen LogP contribution in [-0.4, -0.2) is 34.9 Å². The molecule has 1 aliphatic rings. The zero-order valence-electron chi connectivity index (χ0n) is 18.1.